The zero-order valence-electron chi connectivity index (χ0n) is 4.89. The number of ketones is 2. The standard InChI is InChI=1S/C5H8FNO2/c6-2-4(8)1-5(9)3-7/h1-3,7H2. The molecule has 0 aromatic carbocycles. The van der Waals surface area contributed by atoms with Crippen LogP contribution in [0.15, 0.2) is 0 Å². The fraction of sp³-hybridized carbons (Fsp3) is 0.600. The van der Waals surface area contributed by atoms with E-state index in [-0.39, 0.29) is 13.0 Å². The second kappa shape index (κ2) is 4.14. The van der Waals surface area contributed by atoms with E-state index in [0.717, 1.165) is 0 Å². The van der Waals surface area contributed by atoms with Crippen LogP contribution >= 0.6 is 0 Å². The first-order chi connectivity index (χ1) is 4.20. The number of alkyl halides is 1. The van der Waals surface area contributed by atoms with Crippen molar-refractivity contribution in [2.75, 3.05) is 13.2 Å². The fourth-order valence-electron chi connectivity index (χ4n) is 0.339. The molecule has 0 bridgehead atoms. The lowest BCUT2D eigenvalue weighted by molar-refractivity contribution is -0.126. The zero-order chi connectivity index (χ0) is 7.28. The second-order valence-electron chi connectivity index (χ2n) is 1.59. The van der Waals surface area contributed by atoms with Crippen LogP contribution in [-0.2, 0) is 9.59 Å². The lowest BCUT2D eigenvalue weighted by atomic mass is 10.2. The monoisotopic (exact) mass is 133 g/mol. The van der Waals surface area contributed by atoms with Crippen molar-refractivity contribution in [2.45, 2.75) is 6.42 Å². The van der Waals surface area contributed by atoms with Crippen LogP contribution in [0.1, 0.15) is 6.42 Å². The normalized spacial score (nSPS) is 9.11. The van der Waals surface area contributed by atoms with Gasteiger partial charge in [-0.1, -0.05) is 0 Å². The molecule has 0 aliphatic heterocycles. The molecule has 0 aromatic rings. The van der Waals surface area contributed by atoms with Gasteiger partial charge in [0.15, 0.2) is 11.6 Å². The summed E-state index contributed by atoms with van der Waals surface area (Å²) in [5, 5.41) is 0. The maximum atomic E-state index is 11.3. The molecule has 0 amide bonds. The van der Waals surface area contributed by atoms with E-state index < -0.39 is 18.2 Å². The third-order valence-corrected chi connectivity index (χ3v) is 0.771. The van der Waals surface area contributed by atoms with Crippen molar-refractivity contribution < 1.29 is 14.0 Å². The molecule has 0 saturated carbocycles. The van der Waals surface area contributed by atoms with E-state index in [9.17, 15) is 14.0 Å². The first-order valence-corrected chi connectivity index (χ1v) is 2.50. The van der Waals surface area contributed by atoms with E-state index in [1.165, 1.54) is 0 Å². The minimum Gasteiger partial charge on any atom is -0.324 e. The van der Waals surface area contributed by atoms with E-state index in [2.05, 4.69) is 0 Å². The lowest BCUT2D eigenvalue weighted by Crippen LogP contribution is -2.17. The number of nitrogens with two attached hydrogens (primary N) is 1. The maximum absolute atomic E-state index is 11.3. The molecule has 0 fully saturated rings. The molecule has 0 aliphatic carbocycles. The maximum Gasteiger partial charge on any atom is 0.171 e. The minimum absolute atomic E-state index is 0.189. The zero-order valence-corrected chi connectivity index (χ0v) is 4.89. The largest absolute Gasteiger partial charge is 0.324 e. The molecule has 0 saturated heterocycles. The van der Waals surface area contributed by atoms with Crippen molar-refractivity contribution >= 4 is 11.6 Å². The van der Waals surface area contributed by atoms with Crippen molar-refractivity contribution in [2.24, 2.45) is 5.73 Å². The van der Waals surface area contributed by atoms with Gasteiger partial charge < -0.3 is 5.73 Å². The first-order valence-electron chi connectivity index (χ1n) is 2.50. The molecule has 52 valence electrons. The van der Waals surface area contributed by atoms with Crippen molar-refractivity contribution in [3.8, 4) is 0 Å². The Morgan fingerprint density at radius 2 is 1.89 bits per heavy atom. The lowest BCUT2D eigenvalue weighted by Gasteiger charge is -1.90. The molecule has 4 heteroatoms. The fourth-order valence-corrected chi connectivity index (χ4v) is 0.339. The number of Topliss-reactive ketones (excluding diaryl/α,β-unsaturated/α-hetero) is 2. The summed E-state index contributed by atoms with van der Waals surface area (Å²) in [6, 6.07) is 0. The Bertz CT molecular complexity index is 110. The van der Waals surface area contributed by atoms with Crippen LogP contribution in [0.3, 0.4) is 0 Å². The molecule has 3 nitrogen and oxygen atoms in total. The summed E-state index contributed by atoms with van der Waals surface area (Å²) in [4.78, 5) is 20.4. The van der Waals surface area contributed by atoms with Crippen molar-refractivity contribution in [3.05, 3.63) is 0 Å². The SMILES string of the molecule is NCC(=O)CC(=O)CF. The predicted octanol–water partition coefficient (Wildman–Crippen LogP) is -0.557. The first kappa shape index (κ1) is 8.23. The second-order valence-corrected chi connectivity index (χ2v) is 1.59. The van der Waals surface area contributed by atoms with E-state index >= 15 is 0 Å². The summed E-state index contributed by atoms with van der Waals surface area (Å²) in [5.41, 5.74) is 4.85. The summed E-state index contributed by atoms with van der Waals surface area (Å²) in [5.74, 6) is -1.12. The van der Waals surface area contributed by atoms with Gasteiger partial charge in [0.05, 0.1) is 13.0 Å². The van der Waals surface area contributed by atoms with Crippen LogP contribution < -0.4 is 5.73 Å². The number of rotatable bonds is 4. The third kappa shape index (κ3) is 3.78. The molecular weight excluding hydrogens is 125 g/mol. The summed E-state index contributed by atoms with van der Waals surface area (Å²) in [7, 11) is 0. The Morgan fingerprint density at radius 1 is 1.33 bits per heavy atom. The van der Waals surface area contributed by atoms with Crippen LogP contribution in [-0.4, -0.2) is 24.8 Å². The van der Waals surface area contributed by atoms with Gasteiger partial charge in [-0.15, -0.1) is 0 Å². The van der Waals surface area contributed by atoms with E-state index in [1.807, 2.05) is 0 Å². The number of hydrogen-bond donors (Lipinski definition) is 1. The number of halogens is 1. The Morgan fingerprint density at radius 3 is 2.22 bits per heavy atom. The molecule has 0 aliphatic rings. The number of hydrogen-bond acceptors (Lipinski definition) is 3. The molecule has 2 N–H and O–H groups in total. The van der Waals surface area contributed by atoms with Crippen LogP contribution in [0.2, 0.25) is 0 Å². The Labute approximate surface area is 52.0 Å². The third-order valence-electron chi connectivity index (χ3n) is 0.771. The average Bonchev–Trinajstić information content (AvgIpc) is 1.87. The Balaban J connectivity index is 3.47. The summed E-state index contributed by atoms with van der Waals surface area (Å²) < 4.78 is 11.3. The predicted molar refractivity (Wildman–Crippen MR) is 29.7 cm³/mol. The molecule has 0 heterocycles. The van der Waals surface area contributed by atoms with Gasteiger partial charge in [-0.05, 0) is 0 Å². The molecule has 0 radical (unpaired) electrons. The average molecular weight is 133 g/mol. The van der Waals surface area contributed by atoms with Gasteiger partial charge in [0.25, 0.3) is 0 Å². The van der Waals surface area contributed by atoms with E-state index in [1.54, 1.807) is 0 Å². The molecule has 0 spiro atoms. The van der Waals surface area contributed by atoms with Gasteiger partial charge >= 0.3 is 0 Å². The molecule has 0 atom stereocenters. The molecular formula is C5H8FNO2. The number of carbonyl (C=O) groups excluding carboxylic acids is 2. The van der Waals surface area contributed by atoms with E-state index in [4.69, 9.17) is 5.73 Å². The molecule has 0 aromatic heterocycles. The minimum atomic E-state index is -1.08. The van der Waals surface area contributed by atoms with Gasteiger partial charge in [-0.2, -0.15) is 0 Å². The van der Waals surface area contributed by atoms with Gasteiger partial charge in [-0.25, -0.2) is 4.39 Å². The van der Waals surface area contributed by atoms with Crippen molar-refractivity contribution in [1.29, 1.82) is 0 Å². The van der Waals surface area contributed by atoms with Crippen LogP contribution in [0.4, 0.5) is 4.39 Å². The quantitative estimate of drug-likeness (QED) is 0.523. The highest BCUT2D eigenvalue weighted by Crippen LogP contribution is 1.84. The van der Waals surface area contributed by atoms with Gasteiger partial charge in [0.1, 0.15) is 6.67 Å². The Kier molecular flexibility index (Phi) is 3.79. The van der Waals surface area contributed by atoms with E-state index in [0.29, 0.717) is 0 Å². The molecule has 0 rings (SSSR count). The highest BCUT2D eigenvalue weighted by molar-refractivity contribution is 6.00. The van der Waals surface area contributed by atoms with Crippen LogP contribution in [0.25, 0.3) is 0 Å². The summed E-state index contributed by atoms with van der Waals surface area (Å²) in [6.07, 6.45) is -0.368. The highest BCUT2D eigenvalue weighted by Gasteiger charge is 2.05. The molecule has 0 unspecified atom stereocenters. The highest BCUT2D eigenvalue weighted by atomic mass is 19.1. The van der Waals surface area contributed by atoms with Gasteiger partial charge in [0, 0.05) is 0 Å². The number of carbonyl (C=O) groups is 2. The van der Waals surface area contributed by atoms with Crippen molar-refractivity contribution in [1.82, 2.24) is 0 Å². The van der Waals surface area contributed by atoms with Crippen molar-refractivity contribution in [3.63, 3.8) is 0 Å². The van der Waals surface area contributed by atoms with Gasteiger partial charge in [-0.3, -0.25) is 9.59 Å². The van der Waals surface area contributed by atoms with Gasteiger partial charge in [0.2, 0.25) is 0 Å². The topological polar surface area (TPSA) is 60.2 Å². The van der Waals surface area contributed by atoms with Crippen LogP contribution in [0.5, 0.6) is 0 Å². The summed E-state index contributed by atoms with van der Waals surface area (Å²) in [6.45, 7) is -1.27. The van der Waals surface area contributed by atoms with Crippen LogP contribution in [0, 0.1) is 0 Å². The smallest absolute Gasteiger partial charge is 0.171 e. The summed E-state index contributed by atoms with van der Waals surface area (Å²) >= 11 is 0. The molecule has 9 heavy (non-hydrogen) atoms. The Hall–Kier alpha value is -0.770.